The monoisotopic (exact) mass is 366 g/mol. The third-order valence-corrected chi connectivity index (χ3v) is 4.36. The predicted octanol–water partition coefficient (Wildman–Crippen LogP) is 2.70. The summed E-state index contributed by atoms with van der Waals surface area (Å²) in [4.78, 5) is 16.3. The standard InChI is InChI=1S/C20H19FN4O2/c21-16-1-5-18(6-2-16)24-9-11-25(12-10-24)20(27)15(13-22)14-23-17-3-7-19(26)8-4-17/h1-8,14,23,26H,9-12H2/b15-14-. The topological polar surface area (TPSA) is 79.6 Å². The van der Waals surface area contributed by atoms with Gasteiger partial charge < -0.3 is 20.2 Å². The van der Waals surface area contributed by atoms with Crippen LogP contribution in [0.4, 0.5) is 15.8 Å². The smallest absolute Gasteiger partial charge is 0.266 e. The average molecular weight is 366 g/mol. The highest BCUT2D eigenvalue weighted by Crippen LogP contribution is 2.18. The van der Waals surface area contributed by atoms with Crippen molar-refractivity contribution in [2.45, 2.75) is 0 Å². The lowest BCUT2D eigenvalue weighted by atomic mass is 10.2. The van der Waals surface area contributed by atoms with Gasteiger partial charge in [0.2, 0.25) is 0 Å². The summed E-state index contributed by atoms with van der Waals surface area (Å²) in [7, 11) is 0. The van der Waals surface area contributed by atoms with E-state index in [1.54, 1.807) is 29.2 Å². The molecule has 1 fully saturated rings. The third kappa shape index (κ3) is 4.55. The van der Waals surface area contributed by atoms with Gasteiger partial charge in [0.05, 0.1) is 0 Å². The molecule has 1 amide bonds. The van der Waals surface area contributed by atoms with E-state index in [-0.39, 0.29) is 23.0 Å². The summed E-state index contributed by atoms with van der Waals surface area (Å²) in [5, 5.41) is 21.5. The molecule has 27 heavy (non-hydrogen) atoms. The molecular formula is C20H19FN4O2. The number of nitrogens with zero attached hydrogens (tertiary/aromatic N) is 3. The third-order valence-electron chi connectivity index (χ3n) is 4.36. The number of hydrogen-bond donors (Lipinski definition) is 2. The molecule has 3 rings (SSSR count). The molecule has 1 saturated heterocycles. The molecule has 2 aromatic carbocycles. The minimum absolute atomic E-state index is 0.0123. The summed E-state index contributed by atoms with van der Waals surface area (Å²) in [5.41, 5.74) is 1.58. The van der Waals surface area contributed by atoms with Gasteiger partial charge >= 0.3 is 0 Å². The molecule has 1 heterocycles. The molecule has 0 unspecified atom stereocenters. The summed E-state index contributed by atoms with van der Waals surface area (Å²) < 4.78 is 13.0. The molecule has 0 spiro atoms. The van der Waals surface area contributed by atoms with Gasteiger partial charge in [-0.05, 0) is 48.5 Å². The molecule has 0 aliphatic carbocycles. The summed E-state index contributed by atoms with van der Waals surface area (Å²) in [5.74, 6) is -0.472. The molecule has 2 aromatic rings. The second-order valence-electron chi connectivity index (χ2n) is 6.12. The number of nitriles is 1. The van der Waals surface area contributed by atoms with E-state index in [9.17, 15) is 19.6 Å². The second kappa shape index (κ2) is 8.23. The van der Waals surface area contributed by atoms with Gasteiger partial charge in [0, 0.05) is 43.8 Å². The van der Waals surface area contributed by atoms with Gasteiger partial charge in [-0.1, -0.05) is 0 Å². The fraction of sp³-hybridized carbons (Fsp3) is 0.200. The Morgan fingerprint density at radius 2 is 1.70 bits per heavy atom. The molecular weight excluding hydrogens is 347 g/mol. The minimum Gasteiger partial charge on any atom is -0.508 e. The van der Waals surface area contributed by atoms with Crippen molar-refractivity contribution in [1.82, 2.24) is 4.90 Å². The summed E-state index contributed by atoms with van der Waals surface area (Å²) in [6.07, 6.45) is 1.38. The van der Waals surface area contributed by atoms with E-state index >= 15 is 0 Å². The Labute approximate surface area is 156 Å². The van der Waals surface area contributed by atoms with Gasteiger partial charge in [-0.2, -0.15) is 5.26 Å². The number of carbonyl (C=O) groups excluding carboxylic acids is 1. The van der Waals surface area contributed by atoms with Gasteiger partial charge in [0.15, 0.2) is 0 Å². The maximum absolute atomic E-state index is 13.0. The van der Waals surface area contributed by atoms with Crippen LogP contribution < -0.4 is 10.2 Å². The molecule has 0 saturated carbocycles. The van der Waals surface area contributed by atoms with Gasteiger partial charge in [-0.25, -0.2) is 4.39 Å². The average Bonchev–Trinajstić information content (AvgIpc) is 2.70. The van der Waals surface area contributed by atoms with Crippen LogP contribution in [-0.2, 0) is 4.79 Å². The Balaban J connectivity index is 1.59. The number of phenols is 1. The number of benzene rings is 2. The Hall–Kier alpha value is -3.53. The van der Waals surface area contributed by atoms with Gasteiger partial charge in [-0.15, -0.1) is 0 Å². The van der Waals surface area contributed by atoms with Crippen LogP contribution >= 0.6 is 0 Å². The lowest BCUT2D eigenvalue weighted by molar-refractivity contribution is -0.127. The Morgan fingerprint density at radius 3 is 2.30 bits per heavy atom. The van der Waals surface area contributed by atoms with Crippen LogP contribution in [0.1, 0.15) is 0 Å². The molecule has 1 aliphatic heterocycles. The van der Waals surface area contributed by atoms with Crippen molar-refractivity contribution in [3.05, 3.63) is 66.1 Å². The van der Waals surface area contributed by atoms with Crippen molar-refractivity contribution in [2.24, 2.45) is 0 Å². The summed E-state index contributed by atoms with van der Waals surface area (Å²) >= 11 is 0. The molecule has 7 heteroatoms. The van der Waals surface area contributed by atoms with E-state index in [1.807, 2.05) is 6.07 Å². The second-order valence-corrected chi connectivity index (χ2v) is 6.12. The minimum atomic E-state index is -0.331. The van der Waals surface area contributed by atoms with Crippen LogP contribution in [0.5, 0.6) is 5.75 Å². The molecule has 0 atom stereocenters. The van der Waals surface area contributed by atoms with Crippen molar-refractivity contribution in [3.8, 4) is 11.8 Å². The predicted molar refractivity (Wildman–Crippen MR) is 101 cm³/mol. The number of piperazine rings is 1. The zero-order valence-electron chi connectivity index (χ0n) is 14.6. The zero-order chi connectivity index (χ0) is 19.2. The van der Waals surface area contributed by atoms with E-state index < -0.39 is 0 Å². The first kappa shape index (κ1) is 18.3. The van der Waals surface area contributed by atoms with E-state index in [0.29, 0.717) is 31.9 Å². The maximum Gasteiger partial charge on any atom is 0.266 e. The van der Waals surface area contributed by atoms with Crippen molar-refractivity contribution >= 4 is 17.3 Å². The maximum atomic E-state index is 13.0. The number of anilines is 2. The fourth-order valence-corrected chi connectivity index (χ4v) is 2.84. The number of nitrogens with one attached hydrogen (secondary N) is 1. The molecule has 138 valence electrons. The molecule has 0 bridgehead atoms. The lowest BCUT2D eigenvalue weighted by Crippen LogP contribution is -2.49. The molecule has 0 radical (unpaired) electrons. The molecule has 1 aliphatic rings. The Morgan fingerprint density at radius 1 is 1.07 bits per heavy atom. The van der Waals surface area contributed by atoms with Gasteiger partial charge in [-0.3, -0.25) is 4.79 Å². The number of phenolic OH excluding ortho intramolecular Hbond substituents is 1. The van der Waals surface area contributed by atoms with Gasteiger partial charge in [0.1, 0.15) is 23.2 Å². The number of aromatic hydroxyl groups is 1. The van der Waals surface area contributed by atoms with Crippen molar-refractivity contribution in [2.75, 3.05) is 36.4 Å². The quantitative estimate of drug-likeness (QED) is 0.494. The molecule has 2 N–H and O–H groups in total. The van der Waals surface area contributed by atoms with Crippen molar-refractivity contribution < 1.29 is 14.3 Å². The van der Waals surface area contributed by atoms with Crippen LogP contribution in [0.3, 0.4) is 0 Å². The van der Waals surface area contributed by atoms with E-state index in [0.717, 1.165) is 5.69 Å². The van der Waals surface area contributed by atoms with E-state index in [2.05, 4.69) is 10.2 Å². The Bertz CT molecular complexity index is 864. The largest absolute Gasteiger partial charge is 0.508 e. The lowest BCUT2D eigenvalue weighted by Gasteiger charge is -2.36. The van der Waals surface area contributed by atoms with Crippen LogP contribution in [-0.4, -0.2) is 42.1 Å². The Kier molecular flexibility index (Phi) is 5.57. The first-order valence-corrected chi connectivity index (χ1v) is 8.52. The van der Waals surface area contributed by atoms with Crippen LogP contribution in [0.25, 0.3) is 0 Å². The van der Waals surface area contributed by atoms with Crippen LogP contribution in [0, 0.1) is 17.1 Å². The SMILES string of the molecule is N#C/C(=C/Nc1ccc(O)cc1)C(=O)N1CCN(c2ccc(F)cc2)CC1. The van der Waals surface area contributed by atoms with Gasteiger partial charge in [0.25, 0.3) is 5.91 Å². The number of hydrogen-bond acceptors (Lipinski definition) is 5. The molecule has 6 nitrogen and oxygen atoms in total. The highest BCUT2D eigenvalue weighted by molar-refractivity contribution is 5.97. The van der Waals surface area contributed by atoms with E-state index in [4.69, 9.17) is 0 Å². The first-order valence-electron chi connectivity index (χ1n) is 8.52. The van der Waals surface area contributed by atoms with Crippen molar-refractivity contribution in [3.63, 3.8) is 0 Å². The number of carbonyl (C=O) groups is 1. The number of amides is 1. The molecule has 0 aromatic heterocycles. The highest BCUT2D eigenvalue weighted by Gasteiger charge is 2.23. The highest BCUT2D eigenvalue weighted by atomic mass is 19.1. The number of halogens is 1. The summed E-state index contributed by atoms with van der Waals surface area (Å²) in [6.45, 7) is 2.19. The fourth-order valence-electron chi connectivity index (χ4n) is 2.84. The van der Waals surface area contributed by atoms with Crippen LogP contribution in [0.2, 0.25) is 0 Å². The van der Waals surface area contributed by atoms with E-state index in [1.165, 1.54) is 30.5 Å². The van der Waals surface area contributed by atoms with Crippen molar-refractivity contribution in [1.29, 1.82) is 5.26 Å². The number of rotatable bonds is 4. The summed E-state index contributed by atoms with van der Waals surface area (Å²) in [6, 6.07) is 14.5. The normalized spacial score (nSPS) is 14.6. The zero-order valence-corrected chi connectivity index (χ0v) is 14.6. The van der Waals surface area contributed by atoms with Crippen LogP contribution in [0.15, 0.2) is 60.3 Å². The first-order chi connectivity index (χ1) is 13.1.